The van der Waals surface area contributed by atoms with Crippen LogP contribution in [0.15, 0.2) is 72.8 Å². The van der Waals surface area contributed by atoms with Gasteiger partial charge >= 0.3 is 6.01 Å². The van der Waals surface area contributed by atoms with Crippen LogP contribution in [0.1, 0.15) is 24.2 Å². The third kappa shape index (κ3) is 4.64. The second kappa shape index (κ2) is 8.97. The number of halogens is 2. The number of rotatable bonds is 6. The lowest BCUT2D eigenvalue weighted by Crippen LogP contribution is -2.13. The first-order chi connectivity index (χ1) is 15.4. The molecule has 4 rings (SSSR count). The van der Waals surface area contributed by atoms with Crippen molar-refractivity contribution in [3.8, 4) is 23.1 Å². The lowest BCUT2D eigenvalue weighted by molar-refractivity contribution is 0.102. The first-order valence-electron chi connectivity index (χ1n) is 9.96. The smallest absolute Gasteiger partial charge is 0.336 e. The molecule has 0 saturated carbocycles. The summed E-state index contributed by atoms with van der Waals surface area (Å²) in [7, 11) is 0. The number of benzene rings is 3. The van der Waals surface area contributed by atoms with Crippen molar-refractivity contribution in [3.63, 3.8) is 0 Å². The number of hydrogen-bond acceptors (Lipinski definition) is 4. The molecule has 0 radical (unpaired) electrons. The molecule has 8 heteroatoms. The number of carbonyl (C=O) groups excluding carboxylic acids is 1. The Morgan fingerprint density at radius 3 is 2.44 bits per heavy atom. The molecule has 4 aromatic rings. The average Bonchev–Trinajstić information content (AvgIpc) is 3.17. The molecule has 3 aromatic carbocycles. The molecule has 32 heavy (non-hydrogen) atoms. The van der Waals surface area contributed by atoms with E-state index in [9.17, 15) is 13.6 Å². The van der Waals surface area contributed by atoms with E-state index in [1.54, 1.807) is 42.5 Å². The number of anilines is 1. The summed E-state index contributed by atoms with van der Waals surface area (Å²) in [6.07, 6.45) is -0.137. The summed E-state index contributed by atoms with van der Waals surface area (Å²) in [6.45, 7) is 3.71. The van der Waals surface area contributed by atoms with Crippen molar-refractivity contribution >= 4 is 11.6 Å². The predicted octanol–water partition coefficient (Wildman–Crippen LogP) is 5.25. The van der Waals surface area contributed by atoms with Crippen LogP contribution in [0.4, 0.5) is 14.5 Å². The number of carbonyl (C=O) groups is 1. The van der Waals surface area contributed by atoms with Gasteiger partial charge in [0, 0.05) is 11.3 Å². The Morgan fingerprint density at radius 1 is 1.00 bits per heavy atom. The number of hydrogen-bond donors (Lipinski definition) is 1. The topological polar surface area (TPSA) is 69.0 Å². The first kappa shape index (κ1) is 21.2. The van der Waals surface area contributed by atoms with Gasteiger partial charge in [0.15, 0.2) is 5.82 Å². The lowest BCUT2D eigenvalue weighted by Gasteiger charge is -2.09. The maximum Gasteiger partial charge on any atom is 0.336 e. The minimum Gasteiger partial charge on any atom is -0.460 e. The zero-order chi connectivity index (χ0) is 22.7. The van der Waals surface area contributed by atoms with E-state index in [1.807, 2.05) is 13.8 Å². The summed E-state index contributed by atoms with van der Waals surface area (Å²) in [5, 5.41) is 7.06. The van der Waals surface area contributed by atoms with Gasteiger partial charge in [0.1, 0.15) is 11.6 Å². The second-order valence-corrected chi connectivity index (χ2v) is 7.29. The summed E-state index contributed by atoms with van der Waals surface area (Å²) in [6, 6.07) is 18.7. The molecule has 0 saturated heterocycles. The Bertz CT molecular complexity index is 1250. The highest BCUT2D eigenvalue weighted by atomic mass is 19.1. The molecular weight excluding hydrogens is 414 g/mol. The Balaban J connectivity index is 1.64. The number of amides is 1. The van der Waals surface area contributed by atoms with E-state index in [-0.39, 0.29) is 17.7 Å². The summed E-state index contributed by atoms with van der Waals surface area (Å²) in [5.74, 6) is -1.13. The van der Waals surface area contributed by atoms with Gasteiger partial charge < -0.3 is 10.1 Å². The maximum absolute atomic E-state index is 13.8. The molecule has 0 spiro atoms. The average molecular weight is 434 g/mol. The summed E-state index contributed by atoms with van der Waals surface area (Å²) < 4.78 is 34.8. The van der Waals surface area contributed by atoms with Crippen molar-refractivity contribution in [1.29, 1.82) is 0 Å². The Hall–Kier alpha value is -4.07. The van der Waals surface area contributed by atoms with Gasteiger partial charge in [-0.05, 0) is 62.4 Å². The zero-order valence-electron chi connectivity index (χ0n) is 17.4. The van der Waals surface area contributed by atoms with Crippen LogP contribution >= 0.6 is 0 Å². The molecular formula is C24H20F2N4O2. The van der Waals surface area contributed by atoms with E-state index in [1.165, 1.54) is 35.0 Å². The fourth-order valence-corrected chi connectivity index (χ4v) is 3.08. The minimum atomic E-state index is -0.596. The lowest BCUT2D eigenvalue weighted by atomic mass is 10.2. The summed E-state index contributed by atoms with van der Waals surface area (Å²) >= 11 is 0. The fourth-order valence-electron chi connectivity index (χ4n) is 3.08. The van der Waals surface area contributed by atoms with Gasteiger partial charge in [0.2, 0.25) is 0 Å². The van der Waals surface area contributed by atoms with Crippen LogP contribution in [-0.4, -0.2) is 26.8 Å². The van der Waals surface area contributed by atoms with Crippen LogP contribution in [0.2, 0.25) is 0 Å². The predicted molar refractivity (Wildman–Crippen MR) is 117 cm³/mol. The van der Waals surface area contributed by atoms with Gasteiger partial charge in [-0.15, -0.1) is 5.10 Å². The van der Waals surface area contributed by atoms with E-state index >= 15 is 0 Å². The third-order valence-electron chi connectivity index (χ3n) is 4.50. The molecule has 1 amide bonds. The molecule has 1 N–H and O–H groups in total. The first-order valence-corrected chi connectivity index (χ1v) is 9.96. The van der Waals surface area contributed by atoms with Crippen molar-refractivity contribution in [2.45, 2.75) is 20.0 Å². The van der Waals surface area contributed by atoms with E-state index in [4.69, 9.17) is 4.74 Å². The summed E-state index contributed by atoms with van der Waals surface area (Å²) in [5.41, 5.74) is 1.59. The van der Waals surface area contributed by atoms with Crippen molar-refractivity contribution < 1.29 is 18.3 Å². The van der Waals surface area contributed by atoms with Crippen LogP contribution in [0.3, 0.4) is 0 Å². The van der Waals surface area contributed by atoms with Crippen LogP contribution < -0.4 is 10.1 Å². The van der Waals surface area contributed by atoms with Gasteiger partial charge in [0.25, 0.3) is 5.91 Å². The zero-order valence-corrected chi connectivity index (χ0v) is 17.4. The number of nitrogens with one attached hydrogen (secondary N) is 1. The van der Waals surface area contributed by atoms with Gasteiger partial charge in [0.05, 0.1) is 17.4 Å². The number of ether oxygens (including phenoxy) is 1. The summed E-state index contributed by atoms with van der Waals surface area (Å²) in [4.78, 5) is 16.7. The molecule has 162 valence electrons. The monoisotopic (exact) mass is 434 g/mol. The van der Waals surface area contributed by atoms with Crippen LogP contribution in [0.5, 0.6) is 6.01 Å². The van der Waals surface area contributed by atoms with Crippen molar-refractivity contribution in [2.24, 2.45) is 0 Å². The molecule has 0 fully saturated rings. The molecule has 0 aliphatic rings. The normalized spacial score (nSPS) is 10.9. The molecule has 6 nitrogen and oxygen atoms in total. The number of aromatic nitrogens is 3. The maximum atomic E-state index is 13.8. The molecule has 0 aliphatic heterocycles. The van der Waals surface area contributed by atoms with Crippen LogP contribution in [0.25, 0.3) is 17.1 Å². The molecule has 0 aliphatic carbocycles. The van der Waals surface area contributed by atoms with Gasteiger partial charge in [-0.2, -0.15) is 4.98 Å². The highest BCUT2D eigenvalue weighted by Gasteiger charge is 2.17. The highest BCUT2D eigenvalue weighted by molar-refractivity contribution is 6.04. The SMILES string of the molecule is CC(C)Oc1nc(-c2cccc(F)c2)n(-c2ccc(NC(=O)c3ccccc3F)cc2)n1. The molecule has 0 atom stereocenters. The molecule has 1 aromatic heterocycles. The third-order valence-corrected chi connectivity index (χ3v) is 4.50. The molecule has 0 unspecified atom stereocenters. The van der Waals surface area contributed by atoms with Crippen molar-refractivity contribution in [1.82, 2.24) is 14.8 Å². The van der Waals surface area contributed by atoms with E-state index in [0.717, 1.165) is 0 Å². The Kier molecular flexibility index (Phi) is 5.93. The molecule has 0 bridgehead atoms. The Labute approximate surface area is 183 Å². The largest absolute Gasteiger partial charge is 0.460 e. The van der Waals surface area contributed by atoms with E-state index < -0.39 is 17.5 Å². The van der Waals surface area contributed by atoms with Gasteiger partial charge in [-0.3, -0.25) is 4.79 Å². The van der Waals surface area contributed by atoms with E-state index in [0.29, 0.717) is 22.8 Å². The fraction of sp³-hybridized carbons (Fsp3) is 0.125. The van der Waals surface area contributed by atoms with Gasteiger partial charge in [-0.25, -0.2) is 13.5 Å². The van der Waals surface area contributed by atoms with Crippen molar-refractivity contribution in [2.75, 3.05) is 5.32 Å². The minimum absolute atomic E-state index is 0.0447. The quantitative estimate of drug-likeness (QED) is 0.450. The number of nitrogens with zero attached hydrogens (tertiary/aromatic N) is 3. The molecule has 1 heterocycles. The Morgan fingerprint density at radius 2 is 1.75 bits per heavy atom. The van der Waals surface area contributed by atoms with Crippen LogP contribution in [0, 0.1) is 11.6 Å². The second-order valence-electron chi connectivity index (χ2n) is 7.29. The van der Waals surface area contributed by atoms with Crippen LogP contribution in [-0.2, 0) is 0 Å². The van der Waals surface area contributed by atoms with E-state index in [2.05, 4.69) is 15.4 Å². The van der Waals surface area contributed by atoms with Gasteiger partial charge in [-0.1, -0.05) is 24.3 Å². The highest BCUT2D eigenvalue weighted by Crippen LogP contribution is 2.25. The standard InChI is InChI=1S/C24H20F2N4O2/c1-15(2)32-24-28-22(16-6-5-7-17(25)14-16)30(29-24)19-12-10-18(11-13-19)27-23(31)20-8-3-4-9-21(20)26/h3-15H,1-2H3,(H,27,31). The van der Waals surface area contributed by atoms with Crippen molar-refractivity contribution in [3.05, 3.63) is 90.0 Å².